The number of hydrogen-bond acceptors (Lipinski definition) is 6. The zero-order valence-corrected chi connectivity index (χ0v) is 14.3. The van der Waals surface area contributed by atoms with Crippen molar-refractivity contribution in [3.8, 4) is 5.75 Å². The summed E-state index contributed by atoms with van der Waals surface area (Å²) in [6.45, 7) is -0.705. The van der Waals surface area contributed by atoms with Crippen molar-refractivity contribution in [2.24, 2.45) is 0 Å². The molecule has 0 spiro atoms. The molecule has 0 aromatic heterocycles. The SMILES string of the molecule is O=C(CN1C(=O)c2cccc([N+](=O)[O-])c2C1=O)Oc1ccc(Cl)c(Cl)c1. The fourth-order valence-corrected chi connectivity index (χ4v) is 2.73. The Morgan fingerprint density at radius 1 is 1.12 bits per heavy atom. The number of halogens is 2. The highest BCUT2D eigenvalue weighted by Gasteiger charge is 2.41. The fourth-order valence-electron chi connectivity index (χ4n) is 2.44. The molecule has 0 atom stereocenters. The summed E-state index contributed by atoms with van der Waals surface area (Å²) in [4.78, 5) is 47.6. The van der Waals surface area contributed by atoms with Crippen molar-refractivity contribution in [1.29, 1.82) is 0 Å². The van der Waals surface area contributed by atoms with E-state index in [4.69, 9.17) is 27.9 Å². The number of amides is 2. The summed E-state index contributed by atoms with van der Waals surface area (Å²) in [7, 11) is 0. The average molecular weight is 395 g/mol. The molecule has 8 nitrogen and oxygen atoms in total. The second-order valence-electron chi connectivity index (χ2n) is 5.20. The van der Waals surface area contributed by atoms with Gasteiger partial charge in [0.05, 0.1) is 20.5 Å². The molecule has 10 heteroatoms. The summed E-state index contributed by atoms with van der Waals surface area (Å²) in [5.41, 5.74) is -0.974. The Labute approximate surface area is 156 Å². The molecule has 0 saturated carbocycles. The lowest BCUT2D eigenvalue weighted by Crippen LogP contribution is -2.36. The first kappa shape index (κ1) is 17.8. The van der Waals surface area contributed by atoms with Crippen LogP contribution in [0.4, 0.5) is 5.69 Å². The molecular formula is C16H8Cl2N2O6. The molecule has 2 amide bonds. The lowest BCUT2D eigenvalue weighted by molar-refractivity contribution is -0.385. The zero-order valence-electron chi connectivity index (χ0n) is 12.8. The van der Waals surface area contributed by atoms with Crippen LogP contribution in [0.15, 0.2) is 36.4 Å². The van der Waals surface area contributed by atoms with E-state index in [9.17, 15) is 24.5 Å². The number of benzene rings is 2. The van der Waals surface area contributed by atoms with Crippen LogP contribution < -0.4 is 4.74 Å². The number of fused-ring (bicyclic) bond motifs is 1. The average Bonchev–Trinajstić information content (AvgIpc) is 2.83. The van der Waals surface area contributed by atoms with Gasteiger partial charge in [0.15, 0.2) is 0 Å². The van der Waals surface area contributed by atoms with Gasteiger partial charge in [-0.3, -0.25) is 24.6 Å². The van der Waals surface area contributed by atoms with Crippen LogP contribution in [0.25, 0.3) is 0 Å². The quantitative estimate of drug-likeness (QED) is 0.259. The minimum atomic E-state index is -0.927. The normalized spacial score (nSPS) is 12.9. The Hall–Kier alpha value is -2.97. The smallest absolute Gasteiger partial charge is 0.331 e. The van der Waals surface area contributed by atoms with Gasteiger partial charge in [-0.2, -0.15) is 0 Å². The van der Waals surface area contributed by atoms with Crippen LogP contribution in [-0.2, 0) is 4.79 Å². The maximum Gasteiger partial charge on any atom is 0.331 e. The van der Waals surface area contributed by atoms with Crippen molar-refractivity contribution in [1.82, 2.24) is 4.90 Å². The van der Waals surface area contributed by atoms with Gasteiger partial charge in [-0.25, -0.2) is 4.79 Å². The summed E-state index contributed by atoms with van der Waals surface area (Å²) >= 11 is 11.6. The van der Waals surface area contributed by atoms with Gasteiger partial charge in [0.1, 0.15) is 17.9 Å². The Morgan fingerprint density at radius 2 is 1.85 bits per heavy atom. The van der Waals surface area contributed by atoms with Gasteiger partial charge < -0.3 is 4.74 Å². The molecule has 0 radical (unpaired) electrons. The Bertz CT molecular complexity index is 975. The number of ether oxygens (including phenoxy) is 1. The minimum absolute atomic E-state index is 0.0759. The van der Waals surface area contributed by atoms with Crippen molar-refractivity contribution in [2.45, 2.75) is 0 Å². The number of rotatable bonds is 4. The van der Waals surface area contributed by atoms with Crippen LogP contribution in [0.3, 0.4) is 0 Å². The first-order chi connectivity index (χ1) is 12.3. The molecule has 0 saturated heterocycles. The standard InChI is InChI=1S/C16H8Cl2N2O6/c17-10-5-4-8(6-11(10)18)26-13(21)7-19-15(22)9-2-1-3-12(20(24)25)14(9)16(19)23/h1-6H,7H2. The molecule has 0 bridgehead atoms. The van der Waals surface area contributed by atoms with Crippen LogP contribution in [0, 0.1) is 10.1 Å². The van der Waals surface area contributed by atoms with E-state index >= 15 is 0 Å². The van der Waals surface area contributed by atoms with Gasteiger partial charge in [-0.05, 0) is 18.2 Å². The van der Waals surface area contributed by atoms with Crippen LogP contribution in [0.5, 0.6) is 5.75 Å². The van der Waals surface area contributed by atoms with E-state index in [1.165, 1.54) is 30.3 Å². The van der Waals surface area contributed by atoms with E-state index < -0.39 is 34.9 Å². The number of hydrogen-bond donors (Lipinski definition) is 0. The lowest BCUT2D eigenvalue weighted by Gasteiger charge is -2.13. The van der Waals surface area contributed by atoms with Gasteiger partial charge in [0.2, 0.25) is 0 Å². The highest BCUT2D eigenvalue weighted by Crippen LogP contribution is 2.31. The molecule has 2 aromatic carbocycles. The van der Waals surface area contributed by atoms with Crippen LogP contribution in [0.1, 0.15) is 20.7 Å². The first-order valence-corrected chi connectivity index (χ1v) is 7.84. The predicted molar refractivity (Wildman–Crippen MR) is 90.6 cm³/mol. The molecule has 1 heterocycles. The number of nitro groups is 1. The minimum Gasteiger partial charge on any atom is -0.425 e. The van der Waals surface area contributed by atoms with E-state index in [1.807, 2.05) is 0 Å². The number of carbonyl (C=O) groups is 3. The third-order valence-corrected chi connectivity index (χ3v) is 4.32. The van der Waals surface area contributed by atoms with Crippen LogP contribution in [-0.4, -0.2) is 34.2 Å². The summed E-state index contributed by atoms with van der Waals surface area (Å²) < 4.78 is 5.02. The fraction of sp³-hybridized carbons (Fsp3) is 0.0625. The maximum absolute atomic E-state index is 12.4. The maximum atomic E-state index is 12.4. The third-order valence-electron chi connectivity index (χ3n) is 3.58. The highest BCUT2D eigenvalue weighted by molar-refractivity contribution is 6.42. The summed E-state index contributed by atoms with van der Waals surface area (Å²) in [6.07, 6.45) is 0. The van der Waals surface area contributed by atoms with Crippen molar-refractivity contribution in [3.63, 3.8) is 0 Å². The Kier molecular flexibility index (Phi) is 4.62. The van der Waals surface area contributed by atoms with Crippen LogP contribution >= 0.6 is 23.2 Å². The summed E-state index contributed by atoms with van der Waals surface area (Å²) in [5, 5.41) is 11.5. The second kappa shape index (κ2) is 6.74. The van der Waals surface area contributed by atoms with Gasteiger partial charge >= 0.3 is 5.97 Å². The van der Waals surface area contributed by atoms with E-state index in [0.717, 1.165) is 6.07 Å². The van der Waals surface area contributed by atoms with Gasteiger partial charge in [0, 0.05) is 12.1 Å². The summed E-state index contributed by atoms with van der Waals surface area (Å²) in [6, 6.07) is 7.79. The summed E-state index contributed by atoms with van der Waals surface area (Å²) in [5.74, 6) is -2.57. The van der Waals surface area contributed by atoms with Gasteiger partial charge in [0.25, 0.3) is 17.5 Å². The monoisotopic (exact) mass is 394 g/mol. The molecule has 0 unspecified atom stereocenters. The number of nitro benzene ring substituents is 1. The molecule has 1 aliphatic rings. The highest BCUT2D eigenvalue weighted by atomic mass is 35.5. The molecule has 0 fully saturated rings. The zero-order chi connectivity index (χ0) is 19.0. The largest absolute Gasteiger partial charge is 0.425 e. The van der Waals surface area contributed by atoms with Gasteiger partial charge in [-0.15, -0.1) is 0 Å². The molecule has 2 aromatic rings. The molecular weight excluding hydrogens is 387 g/mol. The molecule has 132 valence electrons. The number of nitrogens with zero attached hydrogens (tertiary/aromatic N) is 2. The van der Waals surface area contributed by atoms with Crippen molar-refractivity contribution in [3.05, 3.63) is 67.7 Å². The van der Waals surface area contributed by atoms with E-state index in [-0.39, 0.29) is 26.9 Å². The lowest BCUT2D eigenvalue weighted by atomic mass is 10.1. The number of esters is 1. The molecule has 0 N–H and O–H groups in total. The van der Waals surface area contributed by atoms with E-state index in [2.05, 4.69) is 0 Å². The Balaban J connectivity index is 1.80. The van der Waals surface area contributed by atoms with Crippen LogP contribution in [0.2, 0.25) is 10.0 Å². The molecule has 3 rings (SSSR count). The number of imide groups is 1. The first-order valence-electron chi connectivity index (χ1n) is 7.09. The molecule has 0 aliphatic carbocycles. The van der Waals surface area contributed by atoms with E-state index in [1.54, 1.807) is 0 Å². The number of carbonyl (C=O) groups excluding carboxylic acids is 3. The van der Waals surface area contributed by atoms with Gasteiger partial charge in [-0.1, -0.05) is 29.3 Å². The second-order valence-corrected chi connectivity index (χ2v) is 6.02. The predicted octanol–water partition coefficient (Wildman–Crippen LogP) is 3.10. The third kappa shape index (κ3) is 3.12. The van der Waals surface area contributed by atoms with Crippen molar-refractivity contribution in [2.75, 3.05) is 6.54 Å². The molecule has 1 aliphatic heterocycles. The van der Waals surface area contributed by atoms with Crippen molar-refractivity contribution >= 4 is 46.7 Å². The van der Waals surface area contributed by atoms with Crippen molar-refractivity contribution < 1.29 is 24.0 Å². The molecule has 26 heavy (non-hydrogen) atoms. The topological polar surface area (TPSA) is 107 Å². The Morgan fingerprint density at radius 3 is 2.50 bits per heavy atom. The van der Waals surface area contributed by atoms with E-state index in [0.29, 0.717) is 4.90 Å².